The normalized spacial score (nSPS) is 11.7. The minimum Gasteiger partial charge on any atom is -0.386 e. The second-order valence-corrected chi connectivity index (χ2v) is 6.47. The molecule has 0 atom stereocenters. The Morgan fingerprint density at radius 3 is 2.41 bits per heavy atom. The quantitative estimate of drug-likeness (QED) is 0.933. The third kappa shape index (κ3) is 3.14. The molecule has 22 heavy (non-hydrogen) atoms. The van der Waals surface area contributed by atoms with E-state index in [9.17, 15) is 9.90 Å². The van der Waals surface area contributed by atoms with Gasteiger partial charge in [-0.1, -0.05) is 24.6 Å². The number of pyridine rings is 1. The largest absolute Gasteiger partial charge is 0.386 e. The number of hydrogen-bond donors (Lipinski definition) is 1. The minimum atomic E-state index is -1.13. The van der Waals surface area contributed by atoms with Crippen LogP contribution in [0.4, 0.5) is 0 Å². The van der Waals surface area contributed by atoms with Gasteiger partial charge in [-0.3, -0.25) is 4.79 Å². The summed E-state index contributed by atoms with van der Waals surface area (Å²) in [5.74, 6) is 0. The topological polar surface area (TPSA) is 42.2 Å². The fourth-order valence-electron chi connectivity index (χ4n) is 2.74. The highest BCUT2D eigenvalue weighted by Gasteiger charge is 2.22. The number of rotatable bonds is 4. The van der Waals surface area contributed by atoms with Crippen molar-refractivity contribution in [2.45, 2.75) is 53.2 Å². The summed E-state index contributed by atoms with van der Waals surface area (Å²) in [5, 5.41) is 10.2. The first kappa shape index (κ1) is 16.5. The van der Waals surface area contributed by atoms with Gasteiger partial charge in [0.05, 0.1) is 11.3 Å². The highest BCUT2D eigenvalue weighted by Crippen LogP contribution is 2.26. The van der Waals surface area contributed by atoms with E-state index in [0.29, 0.717) is 12.1 Å². The molecule has 0 fully saturated rings. The van der Waals surface area contributed by atoms with Crippen molar-refractivity contribution in [1.82, 2.24) is 4.57 Å². The van der Waals surface area contributed by atoms with Gasteiger partial charge in [0.25, 0.3) is 5.56 Å². The Labute approximate surface area is 132 Å². The minimum absolute atomic E-state index is 0.104. The SMILES string of the molecule is CCCn1c(-c2cc(C)ccc2C)ccc(C(C)(C)O)c1=O. The van der Waals surface area contributed by atoms with Gasteiger partial charge < -0.3 is 9.67 Å². The standard InChI is InChI=1S/C19H25NO2/c1-6-11-20-17(15-12-13(2)7-8-14(15)3)10-9-16(18(20)21)19(4,5)22/h7-10,12,22H,6,11H2,1-5H3. The van der Waals surface area contributed by atoms with E-state index in [4.69, 9.17) is 0 Å². The molecule has 0 amide bonds. The first-order valence-corrected chi connectivity index (χ1v) is 7.80. The second kappa shape index (κ2) is 6.09. The van der Waals surface area contributed by atoms with Gasteiger partial charge in [-0.05, 0) is 57.9 Å². The molecule has 2 rings (SSSR count). The first-order chi connectivity index (χ1) is 10.3. The highest BCUT2D eigenvalue weighted by molar-refractivity contribution is 5.65. The van der Waals surface area contributed by atoms with Crippen LogP contribution in [0.15, 0.2) is 35.1 Å². The molecule has 0 aliphatic heterocycles. The van der Waals surface area contributed by atoms with Crippen molar-refractivity contribution >= 4 is 0 Å². The maximum Gasteiger partial charge on any atom is 0.257 e. The van der Waals surface area contributed by atoms with E-state index in [1.807, 2.05) is 6.07 Å². The molecule has 0 saturated heterocycles. The van der Waals surface area contributed by atoms with Crippen molar-refractivity contribution in [2.24, 2.45) is 0 Å². The molecular formula is C19H25NO2. The number of benzene rings is 1. The Morgan fingerprint density at radius 1 is 1.14 bits per heavy atom. The van der Waals surface area contributed by atoms with E-state index in [0.717, 1.165) is 23.2 Å². The predicted molar refractivity (Wildman–Crippen MR) is 91.1 cm³/mol. The maximum absolute atomic E-state index is 12.8. The van der Waals surface area contributed by atoms with Crippen LogP contribution in [0.2, 0.25) is 0 Å². The molecule has 0 radical (unpaired) electrons. The lowest BCUT2D eigenvalue weighted by molar-refractivity contribution is 0.0765. The van der Waals surface area contributed by atoms with Crippen LogP contribution >= 0.6 is 0 Å². The number of aryl methyl sites for hydroxylation is 2. The molecule has 1 heterocycles. The zero-order valence-electron chi connectivity index (χ0n) is 14.1. The smallest absolute Gasteiger partial charge is 0.257 e. The van der Waals surface area contributed by atoms with Gasteiger partial charge in [0.1, 0.15) is 0 Å². The van der Waals surface area contributed by atoms with Gasteiger partial charge in [0.2, 0.25) is 0 Å². The molecule has 3 heteroatoms. The lowest BCUT2D eigenvalue weighted by atomic mass is 9.97. The van der Waals surface area contributed by atoms with Crippen molar-refractivity contribution in [1.29, 1.82) is 0 Å². The van der Waals surface area contributed by atoms with Crippen LogP contribution in [0.5, 0.6) is 0 Å². The molecule has 1 aromatic heterocycles. The second-order valence-electron chi connectivity index (χ2n) is 6.47. The zero-order chi connectivity index (χ0) is 16.5. The zero-order valence-corrected chi connectivity index (χ0v) is 14.1. The van der Waals surface area contributed by atoms with Crippen molar-refractivity contribution in [3.05, 3.63) is 57.4 Å². The summed E-state index contributed by atoms with van der Waals surface area (Å²) in [7, 11) is 0. The molecule has 2 aromatic rings. The van der Waals surface area contributed by atoms with Crippen LogP contribution in [0.3, 0.4) is 0 Å². The fourth-order valence-corrected chi connectivity index (χ4v) is 2.74. The van der Waals surface area contributed by atoms with Crippen LogP contribution in [0.25, 0.3) is 11.3 Å². The van der Waals surface area contributed by atoms with E-state index in [1.165, 1.54) is 5.56 Å². The monoisotopic (exact) mass is 299 g/mol. The Kier molecular flexibility index (Phi) is 4.57. The average molecular weight is 299 g/mol. The van der Waals surface area contributed by atoms with Crippen LogP contribution in [-0.4, -0.2) is 9.67 Å². The van der Waals surface area contributed by atoms with Crippen LogP contribution < -0.4 is 5.56 Å². The molecule has 3 nitrogen and oxygen atoms in total. The predicted octanol–water partition coefficient (Wildman–Crippen LogP) is 3.77. The van der Waals surface area contributed by atoms with Crippen LogP contribution in [0.1, 0.15) is 43.9 Å². The molecule has 1 N–H and O–H groups in total. The van der Waals surface area contributed by atoms with Gasteiger partial charge in [0, 0.05) is 17.7 Å². The summed E-state index contributed by atoms with van der Waals surface area (Å²) in [6, 6.07) is 9.97. The number of aliphatic hydroxyl groups is 1. The van der Waals surface area contributed by atoms with Crippen LogP contribution in [0, 0.1) is 13.8 Å². The Hall–Kier alpha value is -1.87. The van der Waals surface area contributed by atoms with E-state index in [-0.39, 0.29) is 5.56 Å². The first-order valence-electron chi connectivity index (χ1n) is 7.80. The summed E-state index contributed by atoms with van der Waals surface area (Å²) < 4.78 is 1.79. The van der Waals surface area contributed by atoms with Crippen molar-refractivity contribution in [3.8, 4) is 11.3 Å². The number of nitrogens with zero attached hydrogens (tertiary/aromatic N) is 1. The van der Waals surface area contributed by atoms with Gasteiger partial charge in [0.15, 0.2) is 0 Å². The number of hydrogen-bond acceptors (Lipinski definition) is 2. The third-order valence-corrected chi connectivity index (χ3v) is 3.95. The summed E-state index contributed by atoms with van der Waals surface area (Å²) in [6.45, 7) is 10.1. The van der Waals surface area contributed by atoms with E-state index in [1.54, 1.807) is 24.5 Å². The van der Waals surface area contributed by atoms with Crippen molar-refractivity contribution < 1.29 is 5.11 Å². The van der Waals surface area contributed by atoms with E-state index in [2.05, 4.69) is 39.0 Å². The fraction of sp³-hybridized carbons (Fsp3) is 0.421. The molecule has 118 valence electrons. The Bertz CT molecular complexity index is 736. The summed E-state index contributed by atoms with van der Waals surface area (Å²) in [4.78, 5) is 12.8. The lowest BCUT2D eigenvalue weighted by Gasteiger charge is -2.21. The van der Waals surface area contributed by atoms with Gasteiger partial charge >= 0.3 is 0 Å². The molecule has 1 aromatic carbocycles. The average Bonchev–Trinajstić information content (AvgIpc) is 2.42. The highest BCUT2D eigenvalue weighted by atomic mass is 16.3. The summed E-state index contributed by atoms with van der Waals surface area (Å²) in [6.07, 6.45) is 0.868. The van der Waals surface area contributed by atoms with Crippen molar-refractivity contribution in [3.63, 3.8) is 0 Å². The van der Waals surface area contributed by atoms with Gasteiger partial charge in [-0.25, -0.2) is 0 Å². The molecule has 0 bridgehead atoms. The molecular weight excluding hydrogens is 274 g/mol. The third-order valence-electron chi connectivity index (χ3n) is 3.95. The molecule has 0 aliphatic carbocycles. The molecule has 0 aliphatic rings. The van der Waals surface area contributed by atoms with Gasteiger partial charge in [-0.15, -0.1) is 0 Å². The van der Waals surface area contributed by atoms with Gasteiger partial charge in [-0.2, -0.15) is 0 Å². The van der Waals surface area contributed by atoms with E-state index < -0.39 is 5.60 Å². The summed E-state index contributed by atoms with van der Waals surface area (Å²) >= 11 is 0. The molecule has 0 saturated carbocycles. The lowest BCUT2D eigenvalue weighted by Crippen LogP contribution is -2.32. The van der Waals surface area contributed by atoms with Crippen molar-refractivity contribution in [2.75, 3.05) is 0 Å². The number of aromatic nitrogens is 1. The Morgan fingerprint density at radius 2 is 1.82 bits per heavy atom. The van der Waals surface area contributed by atoms with E-state index >= 15 is 0 Å². The maximum atomic E-state index is 12.8. The molecule has 0 spiro atoms. The summed E-state index contributed by atoms with van der Waals surface area (Å²) in [5.41, 5.74) is 3.51. The molecule has 0 unspecified atom stereocenters. The van der Waals surface area contributed by atoms with Crippen LogP contribution in [-0.2, 0) is 12.1 Å². The Balaban J connectivity index is 2.74.